The van der Waals surface area contributed by atoms with E-state index in [0.717, 1.165) is 21.6 Å². The molecule has 0 fully saturated rings. The van der Waals surface area contributed by atoms with Crippen LogP contribution in [-0.2, 0) is 0 Å². The van der Waals surface area contributed by atoms with E-state index in [4.69, 9.17) is 23.2 Å². The Bertz CT molecular complexity index is 438. The maximum atomic E-state index is 6.00. The minimum atomic E-state index is 0.213. The molecule has 0 aliphatic rings. The number of nitrogens with one attached hydrogen (secondary N) is 1. The summed E-state index contributed by atoms with van der Waals surface area (Å²) in [5.74, 6) is 0. The molecule has 0 aliphatic heterocycles. The van der Waals surface area contributed by atoms with Crippen LogP contribution in [0.3, 0.4) is 0 Å². The van der Waals surface area contributed by atoms with Gasteiger partial charge in [0.15, 0.2) is 0 Å². The molecule has 0 radical (unpaired) electrons. The highest BCUT2D eigenvalue weighted by Crippen LogP contribution is 2.35. The number of hydrogen-bond acceptors (Lipinski definition) is 3. The Hall–Kier alpha value is -0.0600. The van der Waals surface area contributed by atoms with Gasteiger partial charge in [0.25, 0.3) is 0 Å². The second-order valence-corrected chi connectivity index (χ2v) is 7.16. The third kappa shape index (κ3) is 3.46. The lowest BCUT2D eigenvalue weighted by Gasteiger charge is -2.15. The zero-order valence-electron chi connectivity index (χ0n) is 9.37. The van der Waals surface area contributed by atoms with Gasteiger partial charge in [0, 0.05) is 9.75 Å². The lowest BCUT2D eigenvalue weighted by Crippen LogP contribution is -2.21. The Balaban J connectivity index is 2.24. The molecule has 0 amide bonds. The van der Waals surface area contributed by atoms with Crippen molar-refractivity contribution >= 4 is 45.9 Å². The Morgan fingerprint density at radius 1 is 1.06 bits per heavy atom. The van der Waals surface area contributed by atoms with E-state index in [1.54, 1.807) is 22.7 Å². The Labute approximate surface area is 119 Å². The van der Waals surface area contributed by atoms with Crippen molar-refractivity contribution in [1.29, 1.82) is 0 Å². The summed E-state index contributed by atoms with van der Waals surface area (Å²) >= 11 is 15.2. The molecule has 2 heterocycles. The molecule has 0 spiro atoms. The van der Waals surface area contributed by atoms with Crippen LogP contribution in [0.5, 0.6) is 0 Å². The Morgan fingerprint density at radius 2 is 1.59 bits per heavy atom. The molecule has 0 aromatic carbocycles. The van der Waals surface area contributed by atoms with Crippen LogP contribution in [0, 0.1) is 0 Å². The summed E-state index contributed by atoms with van der Waals surface area (Å²) < 4.78 is 1.65. The molecule has 0 saturated heterocycles. The maximum absolute atomic E-state index is 6.00. The van der Waals surface area contributed by atoms with Gasteiger partial charge in [-0.2, -0.15) is 0 Å². The van der Waals surface area contributed by atoms with E-state index in [-0.39, 0.29) is 6.04 Å². The molecular formula is C12H13Cl2NS2. The lowest BCUT2D eigenvalue weighted by molar-refractivity contribution is 0.613. The van der Waals surface area contributed by atoms with Gasteiger partial charge in [-0.25, -0.2) is 0 Å². The molecule has 0 unspecified atom stereocenters. The van der Waals surface area contributed by atoms with Crippen molar-refractivity contribution in [1.82, 2.24) is 5.32 Å². The predicted molar refractivity (Wildman–Crippen MR) is 78.8 cm³/mol. The van der Waals surface area contributed by atoms with Crippen LogP contribution in [0.4, 0.5) is 0 Å². The van der Waals surface area contributed by atoms with Crippen LogP contribution in [0.1, 0.15) is 29.1 Å². The van der Waals surface area contributed by atoms with Gasteiger partial charge in [0.2, 0.25) is 0 Å². The monoisotopic (exact) mass is 305 g/mol. The second-order valence-electron chi connectivity index (χ2n) is 3.67. The van der Waals surface area contributed by atoms with E-state index < -0.39 is 0 Å². The Morgan fingerprint density at radius 3 is 1.94 bits per heavy atom. The summed E-state index contributed by atoms with van der Waals surface area (Å²) in [5, 5.41) is 3.53. The van der Waals surface area contributed by atoms with Crippen molar-refractivity contribution < 1.29 is 0 Å². The summed E-state index contributed by atoms with van der Waals surface area (Å²) in [7, 11) is 0. The summed E-state index contributed by atoms with van der Waals surface area (Å²) in [6.07, 6.45) is 1.11. The van der Waals surface area contributed by atoms with Crippen LogP contribution in [0.2, 0.25) is 8.67 Å². The normalized spacial score (nSPS) is 11.3. The van der Waals surface area contributed by atoms with Crippen molar-refractivity contribution in [3.05, 3.63) is 42.7 Å². The zero-order chi connectivity index (χ0) is 12.3. The number of hydrogen-bond donors (Lipinski definition) is 1. The first-order chi connectivity index (χ1) is 8.20. The fraction of sp³-hybridized carbons (Fsp3) is 0.333. The van der Waals surface area contributed by atoms with Gasteiger partial charge in [-0.3, -0.25) is 0 Å². The molecule has 92 valence electrons. The van der Waals surface area contributed by atoms with Crippen molar-refractivity contribution in [2.24, 2.45) is 0 Å². The van der Waals surface area contributed by atoms with Crippen molar-refractivity contribution in [3.8, 4) is 0 Å². The molecular weight excluding hydrogens is 293 g/mol. The molecule has 0 aliphatic carbocycles. The van der Waals surface area contributed by atoms with E-state index in [1.807, 2.05) is 12.1 Å². The quantitative estimate of drug-likeness (QED) is 0.800. The molecule has 0 atom stereocenters. The fourth-order valence-electron chi connectivity index (χ4n) is 1.60. The highest BCUT2D eigenvalue weighted by molar-refractivity contribution is 7.17. The third-order valence-corrected chi connectivity index (χ3v) is 4.95. The largest absolute Gasteiger partial charge is 0.305 e. The van der Waals surface area contributed by atoms with Gasteiger partial charge >= 0.3 is 0 Å². The first kappa shape index (κ1) is 13.4. The first-order valence-corrected chi connectivity index (χ1v) is 7.83. The second kappa shape index (κ2) is 6.21. The van der Waals surface area contributed by atoms with E-state index in [9.17, 15) is 0 Å². The molecule has 0 bridgehead atoms. The highest BCUT2D eigenvalue weighted by Gasteiger charge is 2.17. The highest BCUT2D eigenvalue weighted by atomic mass is 35.5. The molecule has 1 nitrogen and oxygen atoms in total. The van der Waals surface area contributed by atoms with Crippen molar-refractivity contribution in [2.75, 3.05) is 6.54 Å². The molecule has 5 heteroatoms. The number of rotatable bonds is 5. The molecule has 2 aromatic heterocycles. The smallest absolute Gasteiger partial charge is 0.0931 e. The maximum Gasteiger partial charge on any atom is 0.0931 e. The summed E-state index contributed by atoms with van der Waals surface area (Å²) in [5.41, 5.74) is 0. The molecule has 2 aromatic rings. The lowest BCUT2D eigenvalue weighted by atomic mass is 10.2. The van der Waals surface area contributed by atoms with Gasteiger partial charge in [0.05, 0.1) is 14.7 Å². The summed E-state index contributed by atoms with van der Waals surface area (Å²) in [6, 6.07) is 8.25. The van der Waals surface area contributed by atoms with Gasteiger partial charge < -0.3 is 5.32 Å². The average Bonchev–Trinajstić information content (AvgIpc) is 2.89. The minimum absolute atomic E-state index is 0.213. The summed E-state index contributed by atoms with van der Waals surface area (Å²) in [6.45, 7) is 3.14. The van der Waals surface area contributed by atoms with Crippen LogP contribution in [-0.4, -0.2) is 6.54 Å². The van der Waals surface area contributed by atoms with E-state index in [1.165, 1.54) is 9.75 Å². The van der Waals surface area contributed by atoms with Crippen LogP contribution < -0.4 is 5.32 Å². The molecule has 2 rings (SSSR count). The van der Waals surface area contributed by atoms with Crippen LogP contribution >= 0.6 is 45.9 Å². The molecule has 17 heavy (non-hydrogen) atoms. The third-order valence-electron chi connectivity index (χ3n) is 2.36. The first-order valence-electron chi connectivity index (χ1n) is 5.44. The average molecular weight is 306 g/mol. The zero-order valence-corrected chi connectivity index (χ0v) is 12.5. The van der Waals surface area contributed by atoms with E-state index >= 15 is 0 Å². The van der Waals surface area contributed by atoms with Crippen molar-refractivity contribution in [2.45, 2.75) is 19.4 Å². The van der Waals surface area contributed by atoms with Gasteiger partial charge in [-0.1, -0.05) is 30.1 Å². The minimum Gasteiger partial charge on any atom is -0.305 e. The van der Waals surface area contributed by atoms with Gasteiger partial charge in [-0.05, 0) is 37.2 Å². The molecule has 0 saturated carbocycles. The topological polar surface area (TPSA) is 12.0 Å². The SMILES string of the molecule is CCCNC(c1ccc(Cl)s1)c1ccc(Cl)s1. The number of halogens is 2. The number of thiophene rings is 2. The fourth-order valence-corrected chi connectivity index (χ4v) is 3.98. The van der Waals surface area contributed by atoms with Crippen LogP contribution in [0.25, 0.3) is 0 Å². The predicted octanol–water partition coefficient (Wildman–Crippen LogP) is 5.21. The van der Waals surface area contributed by atoms with Gasteiger partial charge in [-0.15, -0.1) is 22.7 Å². The summed E-state index contributed by atoms with van der Waals surface area (Å²) in [4.78, 5) is 2.48. The van der Waals surface area contributed by atoms with Crippen molar-refractivity contribution in [3.63, 3.8) is 0 Å². The molecule has 1 N–H and O–H groups in total. The van der Waals surface area contributed by atoms with Gasteiger partial charge in [0.1, 0.15) is 0 Å². The van der Waals surface area contributed by atoms with E-state index in [0.29, 0.717) is 0 Å². The van der Waals surface area contributed by atoms with Crippen LogP contribution in [0.15, 0.2) is 24.3 Å². The Kier molecular flexibility index (Phi) is 4.88. The standard InChI is InChI=1S/C12H13Cl2NS2/c1-2-7-15-12(8-3-5-10(13)16-8)9-4-6-11(14)17-9/h3-6,12,15H,2,7H2,1H3. The van der Waals surface area contributed by atoms with E-state index in [2.05, 4.69) is 24.4 Å².